The summed E-state index contributed by atoms with van der Waals surface area (Å²) in [4.78, 5) is 0. The molecule has 1 fully saturated rings. The molecule has 1 saturated heterocycles. The van der Waals surface area contributed by atoms with Gasteiger partial charge in [0.2, 0.25) is 0 Å². The summed E-state index contributed by atoms with van der Waals surface area (Å²) in [5.41, 5.74) is 0. The van der Waals surface area contributed by atoms with Gasteiger partial charge in [0.15, 0.2) is 6.79 Å². The Balaban J connectivity index is 2.00. The Morgan fingerprint density at radius 3 is 2.00 bits per heavy atom. The zero-order chi connectivity index (χ0) is 4.24. The molecule has 0 unspecified atom stereocenters. The normalized spacial score (nSPS) is 24.0. The molecule has 0 atom stereocenters. The molecule has 0 amide bonds. The van der Waals surface area contributed by atoms with Gasteiger partial charge in [-0.1, -0.05) is 0 Å². The largest absolute Gasteiger partial charge is 0.285 e. The van der Waals surface area contributed by atoms with Crippen LogP contribution in [-0.2, 0) is 8.37 Å². The van der Waals surface area contributed by atoms with E-state index in [-0.39, 0.29) is 0 Å². The van der Waals surface area contributed by atoms with Crippen molar-refractivity contribution in [1.82, 2.24) is 0 Å². The lowest BCUT2D eigenvalue weighted by molar-refractivity contribution is 0.163. The highest BCUT2D eigenvalue weighted by molar-refractivity contribution is 8.12. The van der Waals surface area contributed by atoms with Gasteiger partial charge in [-0.05, 0) is 0 Å². The quantitative estimate of drug-likeness (QED) is 0.452. The van der Waals surface area contributed by atoms with Crippen molar-refractivity contribution >= 4 is 24.1 Å². The van der Waals surface area contributed by atoms with Crippen LogP contribution in [0.15, 0.2) is 0 Å². The Bertz CT molecular complexity index is 25.0. The summed E-state index contributed by atoms with van der Waals surface area (Å²) < 4.78 is 9.49. The molecular formula is C2H4O2S2. The van der Waals surface area contributed by atoms with Gasteiger partial charge < -0.3 is 0 Å². The molecule has 0 saturated carbocycles. The van der Waals surface area contributed by atoms with Gasteiger partial charge in [-0.25, -0.2) is 0 Å². The standard InChI is InChI=1S/C2H4O2S2/c1-3-5-2-6-4-1/h1-2H2. The van der Waals surface area contributed by atoms with E-state index in [2.05, 4.69) is 0 Å². The van der Waals surface area contributed by atoms with E-state index in [4.69, 9.17) is 8.37 Å². The molecule has 1 aliphatic rings. The van der Waals surface area contributed by atoms with E-state index in [9.17, 15) is 0 Å². The van der Waals surface area contributed by atoms with Crippen molar-refractivity contribution in [3.05, 3.63) is 0 Å². The lowest BCUT2D eigenvalue weighted by Gasteiger charge is -2.06. The van der Waals surface area contributed by atoms with Crippen LogP contribution in [0.3, 0.4) is 0 Å². The fourth-order valence-electron chi connectivity index (χ4n) is 0.175. The summed E-state index contributed by atoms with van der Waals surface area (Å²) >= 11 is 2.87. The molecule has 0 N–H and O–H groups in total. The molecule has 0 aliphatic carbocycles. The van der Waals surface area contributed by atoms with Gasteiger partial charge in [0.05, 0.1) is 5.08 Å². The highest BCUT2D eigenvalue weighted by atomic mass is 32.2. The first-order chi connectivity index (χ1) is 3.00. The molecule has 0 radical (unpaired) electrons. The second-order valence-corrected chi connectivity index (χ2v) is 2.59. The summed E-state index contributed by atoms with van der Waals surface area (Å²) in [6, 6.07) is 0. The van der Waals surface area contributed by atoms with E-state index >= 15 is 0 Å². The van der Waals surface area contributed by atoms with E-state index in [0.717, 1.165) is 5.08 Å². The molecule has 1 heterocycles. The molecule has 0 bridgehead atoms. The monoisotopic (exact) mass is 124 g/mol. The molecule has 1 aliphatic heterocycles. The van der Waals surface area contributed by atoms with Crippen LogP contribution in [0.1, 0.15) is 0 Å². The molecule has 0 spiro atoms. The second-order valence-electron chi connectivity index (χ2n) is 0.707. The maximum atomic E-state index is 4.74. The Morgan fingerprint density at radius 1 is 1.17 bits per heavy atom. The zero-order valence-electron chi connectivity index (χ0n) is 3.05. The summed E-state index contributed by atoms with van der Waals surface area (Å²) in [5.74, 6) is 0. The van der Waals surface area contributed by atoms with Crippen molar-refractivity contribution in [3.8, 4) is 0 Å². The maximum Gasteiger partial charge on any atom is 0.173 e. The molecule has 0 aromatic carbocycles. The SMILES string of the molecule is C1OSCSO1. The minimum absolute atomic E-state index is 0.426. The highest BCUT2D eigenvalue weighted by Crippen LogP contribution is 2.19. The number of hydrogen-bond donors (Lipinski definition) is 0. The van der Waals surface area contributed by atoms with Crippen LogP contribution in [0.4, 0.5) is 0 Å². The first-order valence-electron chi connectivity index (χ1n) is 1.49. The summed E-state index contributed by atoms with van der Waals surface area (Å²) in [5, 5.41) is 0.889. The molecule has 0 aromatic rings. The van der Waals surface area contributed by atoms with Crippen molar-refractivity contribution in [2.24, 2.45) is 0 Å². The molecule has 1 rings (SSSR count). The van der Waals surface area contributed by atoms with Gasteiger partial charge in [-0.15, -0.1) is 0 Å². The first-order valence-corrected chi connectivity index (χ1v) is 3.31. The molecular weight excluding hydrogens is 120 g/mol. The predicted octanol–water partition coefficient (Wildman–Crippen LogP) is 1.24. The van der Waals surface area contributed by atoms with Crippen LogP contribution in [0.2, 0.25) is 0 Å². The average Bonchev–Trinajstić information content (AvgIpc) is 1.72. The van der Waals surface area contributed by atoms with Crippen LogP contribution >= 0.6 is 24.1 Å². The van der Waals surface area contributed by atoms with E-state index in [1.165, 1.54) is 24.1 Å². The van der Waals surface area contributed by atoms with Crippen LogP contribution < -0.4 is 0 Å². The van der Waals surface area contributed by atoms with Gasteiger partial charge in [0, 0.05) is 24.1 Å². The van der Waals surface area contributed by atoms with E-state index in [1.54, 1.807) is 0 Å². The molecule has 36 valence electrons. The average molecular weight is 124 g/mol. The number of hydrogen-bond acceptors (Lipinski definition) is 4. The first kappa shape index (κ1) is 4.77. The van der Waals surface area contributed by atoms with Crippen molar-refractivity contribution in [2.75, 3.05) is 11.9 Å². The van der Waals surface area contributed by atoms with Crippen molar-refractivity contribution in [1.29, 1.82) is 0 Å². The van der Waals surface area contributed by atoms with E-state index in [1.807, 2.05) is 0 Å². The van der Waals surface area contributed by atoms with Crippen LogP contribution in [0.25, 0.3) is 0 Å². The zero-order valence-corrected chi connectivity index (χ0v) is 4.68. The summed E-state index contributed by atoms with van der Waals surface area (Å²) in [6.45, 7) is 0.426. The topological polar surface area (TPSA) is 18.5 Å². The molecule has 2 nitrogen and oxygen atoms in total. The molecule has 0 aromatic heterocycles. The van der Waals surface area contributed by atoms with E-state index < -0.39 is 0 Å². The molecule has 6 heavy (non-hydrogen) atoms. The van der Waals surface area contributed by atoms with Crippen molar-refractivity contribution < 1.29 is 8.37 Å². The van der Waals surface area contributed by atoms with Gasteiger partial charge >= 0.3 is 0 Å². The molecule has 4 heteroatoms. The maximum absolute atomic E-state index is 4.74. The van der Waals surface area contributed by atoms with Gasteiger partial charge in [0.1, 0.15) is 0 Å². The third-order valence-corrected chi connectivity index (χ3v) is 1.65. The Morgan fingerprint density at radius 2 is 1.83 bits per heavy atom. The summed E-state index contributed by atoms with van der Waals surface area (Å²) in [7, 11) is 0. The Labute approximate surface area is 45.0 Å². The lowest BCUT2D eigenvalue weighted by Crippen LogP contribution is -1.93. The third kappa shape index (κ3) is 1.38. The Kier molecular flexibility index (Phi) is 2.18. The van der Waals surface area contributed by atoms with E-state index in [0.29, 0.717) is 6.79 Å². The summed E-state index contributed by atoms with van der Waals surface area (Å²) in [6.07, 6.45) is 0. The van der Waals surface area contributed by atoms with Crippen molar-refractivity contribution in [3.63, 3.8) is 0 Å². The third-order valence-electron chi connectivity index (χ3n) is 0.359. The second kappa shape index (κ2) is 2.74. The number of rotatable bonds is 0. The Hall–Kier alpha value is 0.620. The van der Waals surface area contributed by atoms with Crippen LogP contribution in [-0.4, -0.2) is 11.9 Å². The smallest absolute Gasteiger partial charge is 0.173 e. The highest BCUT2D eigenvalue weighted by Gasteiger charge is 1.97. The fourth-order valence-corrected chi connectivity index (χ4v) is 1.17. The minimum atomic E-state index is 0.426. The fraction of sp³-hybridized carbons (Fsp3) is 1.00. The van der Waals surface area contributed by atoms with Crippen molar-refractivity contribution in [2.45, 2.75) is 0 Å². The van der Waals surface area contributed by atoms with Gasteiger partial charge in [-0.2, -0.15) is 0 Å². The van der Waals surface area contributed by atoms with Crippen LogP contribution in [0.5, 0.6) is 0 Å². The minimum Gasteiger partial charge on any atom is -0.285 e. The van der Waals surface area contributed by atoms with Gasteiger partial charge in [0.25, 0.3) is 0 Å². The predicted molar refractivity (Wildman–Crippen MR) is 27.1 cm³/mol. The van der Waals surface area contributed by atoms with Gasteiger partial charge in [-0.3, -0.25) is 8.37 Å². The lowest BCUT2D eigenvalue weighted by atomic mass is 11.6. The van der Waals surface area contributed by atoms with Crippen LogP contribution in [0, 0.1) is 0 Å².